The van der Waals surface area contributed by atoms with E-state index < -0.39 is 0 Å². The Hall–Kier alpha value is -1.12. The van der Waals surface area contributed by atoms with E-state index in [2.05, 4.69) is 0 Å². The zero-order valence-corrected chi connectivity index (χ0v) is 10.7. The normalized spacial score (nSPS) is 38.9. The summed E-state index contributed by atoms with van der Waals surface area (Å²) in [6.07, 6.45) is 11.9. The Morgan fingerprint density at radius 3 is 2.39 bits per heavy atom. The van der Waals surface area contributed by atoms with Gasteiger partial charge in [-0.15, -0.1) is 0 Å². The van der Waals surface area contributed by atoms with E-state index in [4.69, 9.17) is 9.40 Å². The van der Waals surface area contributed by atoms with Crippen LogP contribution in [0.4, 0.5) is 0 Å². The van der Waals surface area contributed by atoms with Crippen molar-refractivity contribution in [3.05, 3.63) is 17.8 Å². The highest BCUT2D eigenvalue weighted by atomic mass is 16.3. The van der Waals surface area contributed by atoms with Gasteiger partial charge in [0.2, 0.25) is 0 Å². The van der Waals surface area contributed by atoms with Gasteiger partial charge in [-0.2, -0.15) is 0 Å². The van der Waals surface area contributed by atoms with E-state index >= 15 is 0 Å². The summed E-state index contributed by atoms with van der Waals surface area (Å²) in [5.74, 6) is 1.63. The fourth-order valence-electron chi connectivity index (χ4n) is 3.81. The van der Waals surface area contributed by atoms with Crippen molar-refractivity contribution in [2.45, 2.75) is 62.7 Å². The minimum absolute atomic E-state index is 0.00628. The monoisotopic (exact) mass is 245 g/mol. The zero-order chi connectivity index (χ0) is 12.2. The summed E-state index contributed by atoms with van der Waals surface area (Å²) in [6.45, 7) is 0. The molecule has 0 spiro atoms. The van der Waals surface area contributed by atoms with Crippen molar-refractivity contribution >= 4 is 6.29 Å². The molecule has 4 aliphatic rings. The number of hydrogen-bond acceptors (Lipinski definition) is 3. The molecule has 96 valence electrons. The number of carbonyl (C=O) groups is 1. The summed E-state index contributed by atoms with van der Waals surface area (Å²) in [4.78, 5) is 16.0. The van der Waals surface area contributed by atoms with E-state index in [1.807, 2.05) is 6.26 Å². The topological polar surface area (TPSA) is 43.1 Å². The van der Waals surface area contributed by atoms with Crippen LogP contribution < -0.4 is 0 Å². The molecular weight excluding hydrogens is 226 g/mol. The number of fused-ring (bicyclic) bond motifs is 3. The number of aromatic nitrogens is 1. The summed E-state index contributed by atoms with van der Waals surface area (Å²) in [5, 5.41) is 0. The number of aldehydes is 1. The van der Waals surface area contributed by atoms with Gasteiger partial charge in [-0.05, 0) is 51.4 Å². The second-order valence-corrected chi connectivity index (χ2v) is 6.61. The van der Waals surface area contributed by atoms with Crippen LogP contribution in [0.2, 0.25) is 0 Å². The number of carbonyl (C=O) groups excluding carboxylic acids is 1. The van der Waals surface area contributed by atoms with E-state index in [0.717, 1.165) is 50.1 Å². The van der Waals surface area contributed by atoms with Crippen LogP contribution >= 0.6 is 0 Å². The van der Waals surface area contributed by atoms with E-state index in [9.17, 15) is 4.79 Å². The van der Waals surface area contributed by atoms with Crippen molar-refractivity contribution in [2.24, 2.45) is 5.41 Å². The van der Waals surface area contributed by atoms with Gasteiger partial charge in [-0.3, -0.25) is 0 Å². The Kier molecular flexibility index (Phi) is 2.07. The first-order valence-corrected chi connectivity index (χ1v) is 7.18. The van der Waals surface area contributed by atoms with Crippen LogP contribution in [0.5, 0.6) is 0 Å². The number of oxazole rings is 1. The van der Waals surface area contributed by atoms with Crippen molar-refractivity contribution in [1.29, 1.82) is 0 Å². The van der Waals surface area contributed by atoms with Gasteiger partial charge in [0.15, 0.2) is 5.89 Å². The zero-order valence-electron chi connectivity index (χ0n) is 10.7. The molecule has 0 aliphatic heterocycles. The Bertz CT molecular complexity index is 462. The van der Waals surface area contributed by atoms with Crippen LogP contribution in [0, 0.1) is 5.41 Å². The quantitative estimate of drug-likeness (QED) is 0.767. The molecule has 5 rings (SSSR count). The molecule has 18 heavy (non-hydrogen) atoms. The lowest BCUT2D eigenvalue weighted by atomic mass is 9.54. The first kappa shape index (κ1) is 10.8. The smallest absolute Gasteiger partial charge is 0.200 e. The molecule has 0 atom stereocenters. The highest BCUT2D eigenvalue weighted by molar-refractivity contribution is 5.60. The van der Waals surface area contributed by atoms with Crippen LogP contribution in [-0.4, -0.2) is 11.3 Å². The van der Waals surface area contributed by atoms with Gasteiger partial charge in [-0.1, -0.05) is 0 Å². The molecule has 0 saturated heterocycles. The van der Waals surface area contributed by atoms with Crippen LogP contribution in [-0.2, 0) is 10.2 Å². The number of hydrogen-bond donors (Lipinski definition) is 0. The highest BCUT2D eigenvalue weighted by Gasteiger charge is 2.51. The molecule has 1 aromatic heterocycles. The van der Waals surface area contributed by atoms with Gasteiger partial charge in [-0.25, -0.2) is 4.98 Å². The van der Waals surface area contributed by atoms with Gasteiger partial charge < -0.3 is 9.21 Å². The molecular formula is C15H19NO2. The van der Waals surface area contributed by atoms with Gasteiger partial charge in [0.25, 0.3) is 0 Å². The van der Waals surface area contributed by atoms with E-state index in [-0.39, 0.29) is 10.8 Å². The molecule has 4 saturated carbocycles. The first-order chi connectivity index (χ1) is 8.75. The van der Waals surface area contributed by atoms with Gasteiger partial charge in [0.1, 0.15) is 12.5 Å². The maximum Gasteiger partial charge on any atom is 0.200 e. The third kappa shape index (κ3) is 1.42. The summed E-state index contributed by atoms with van der Waals surface area (Å²) >= 11 is 0. The second-order valence-electron chi connectivity index (χ2n) is 6.61. The van der Waals surface area contributed by atoms with Crippen LogP contribution in [0.15, 0.2) is 10.7 Å². The van der Waals surface area contributed by atoms with Crippen molar-refractivity contribution in [3.8, 4) is 0 Å². The molecule has 3 heteroatoms. The first-order valence-electron chi connectivity index (χ1n) is 7.18. The average Bonchev–Trinajstić information content (AvgIpc) is 3.18. The van der Waals surface area contributed by atoms with Crippen molar-refractivity contribution in [2.75, 3.05) is 0 Å². The SMILES string of the molecule is O=CC12CCC(c3nc(C4CC4)co3)(CC1)CC2. The summed E-state index contributed by atoms with van der Waals surface area (Å²) in [5.41, 5.74) is 1.31. The van der Waals surface area contributed by atoms with Crippen molar-refractivity contribution < 1.29 is 9.21 Å². The third-order valence-corrected chi connectivity index (χ3v) is 5.53. The van der Waals surface area contributed by atoms with Crippen LogP contribution in [0.3, 0.4) is 0 Å². The Balaban J connectivity index is 1.62. The van der Waals surface area contributed by atoms with E-state index in [0.29, 0.717) is 5.92 Å². The minimum Gasteiger partial charge on any atom is -0.448 e. The molecule has 3 nitrogen and oxygen atoms in total. The van der Waals surface area contributed by atoms with Crippen molar-refractivity contribution in [3.63, 3.8) is 0 Å². The average molecular weight is 245 g/mol. The van der Waals surface area contributed by atoms with Crippen LogP contribution in [0.1, 0.15) is 68.9 Å². The lowest BCUT2D eigenvalue weighted by Crippen LogP contribution is -2.45. The molecule has 2 bridgehead atoms. The largest absolute Gasteiger partial charge is 0.448 e. The fourth-order valence-corrected chi connectivity index (χ4v) is 3.81. The molecule has 4 aliphatic carbocycles. The van der Waals surface area contributed by atoms with Gasteiger partial charge >= 0.3 is 0 Å². The maximum absolute atomic E-state index is 11.2. The highest BCUT2D eigenvalue weighted by Crippen LogP contribution is 2.56. The molecule has 1 heterocycles. The van der Waals surface area contributed by atoms with Gasteiger partial charge in [0, 0.05) is 16.7 Å². The van der Waals surface area contributed by atoms with E-state index in [1.165, 1.54) is 19.1 Å². The molecule has 0 radical (unpaired) electrons. The molecule has 0 aromatic carbocycles. The number of nitrogens with zero attached hydrogens (tertiary/aromatic N) is 1. The summed E-state index contributed by atoms with van der Waals surface area (Å²) < 4.78 is 5.79. The second kappa shape index (κ2) is 3.46. The summed E-state index contributed by atoms with van der Waals surface area (Å²) in [7, 11) is 0. The molecule has 0 amide bonds. The third-order valence-electron chi connectivity index (χ3n) is 5.53. The predicted octanol–water partition coefficient (Wildman–Crippen LogP) is 3.34. The van der Waals surface area contributed by atoms with Gasteiger partial charge in [0.05, 0.1) is 5.69 Å². The predicted molar refractivity (Wildman–Crippen MR) is 66.4 cm³/mol. The maximum atomic E-state index is 11.2. The Labute approximate surface area is 107 Å². The summed E-state index contributed by atoms with van der Waals surface area (Å²) in [6, 6.07) is 0. The number of rotatable bonds is 3. The Morgan fingerprint density at radius 2 is 1.83 bits per heavy atom. The van der Waals surface area contributed by atoms with Crippen molar-refractivity contribution in [1.82, 2.24) is 4.98 Å². The van der Waals surface area contributed by atoms with Crippen LogP contribution in [0.25, 0.3) is 0 Å². The Morgan fingerprint density at radius 1 is 1.17 bits per heavy atom. The molecule has 0 unspecified atom stereocenters. The minimum atomic E-state index is -0.00628. The lowest BCUT2D eigenvalue weighted by molar-refractivity contribution is -0.122. The van der Waals surface area contributed by atoms with E-state index in [1.54, 1.807) is 0 Å². The standard InChI is InChI=1S/C15H19NO2/c17-10-14-3-6-15(7-4-14,8-5-14)13-16-12(9-18-13)11-1-2-11/h9-11H,1-8H2. The molecule has 1 aromatic rings. The molecule has 4 fully saturated rings. The molecule has 0 N–H and O–H groups in total. The lowest BCUT2D eigenvalue weighted by Gasteiger charge is -2.49. The fraction of sp³-hybridized carbons (Fsp3) is 0.733.